The molecule has 0 N–H and O–H groups in total. The quantitative estimate of drug-likeness (QED) is 0.334. The van der Waals surface area contributed by atoms with Gasteiger partial charge in [0, 0.05) is 12.1 Å². The predicted molar refractivity (Wildman–Crippen MR) is 109 cm³/mol. The summed E-state index contributed by atoms with van der Waals surface area (Å²) in [5.41, 5.74) is 1.68. The summed E-state index contributed by atoms with van der Waals surface area (Å²) in [6.07, 6.45) is 1.92. The average molecular weight is 489 g/mol. The van der Waals surface area contributed by atoms with Gasteiger partial charge in [0.05, 0.1) is 13.2 Å². The highest BCUT2D eigenvalue weighted by atomic mass is 35.6. The monoisotopic (exact) mass is 486 g/mol. The van der Waals surface area contributed by atoms with E-state index in [-0.39, 0.29) is 13.2 Å². The van der Waals surface area contributed by atoms with E-state index in [0.29, 0.717) is 12.8 Å². The Kier molecular flexibility index (Phi) is 9.81. The number of ether oxygens (including phenoxy) is 2. The molecular formula is C16H22Cl6NO3-. The van der Waals surface area contributed by atoms with Crippen molar-refractivity contribution in [3.05, 3.63) is 11.1 Å². The van der Waals surface area contributed by atoms with E-state index in [1.807, 2.05) is 6.92 Å². The molecule has 0 aromatic rings. The van der Waals surface area contributed by atoms with Crippen LogP contribution in [0.1, 0.15) is 46.5 Å². The van der Waals surface area contributed by atoms with Crippen molar-refractivity contribution in [3.63, 3.8) is 0 Å². The summed E-state index contributed by atoms with van der Waals surface area (Å²) >= 11 is 34.3. The topological polar surface area (TPSA) is 53.9 Å². The molecule has 0 amide bonds. The first-order valence-electron chi connectivity index (χ1n) is 8.01. The van der Waals surface area contributed by atoms with Crippen molar-refractivity contribution < 1.29 is 14.6 Å². The van der Waals surface area contributed by atoms with Crippen LogP contribution in [0.25, 0.3) is 0 Å². The number of nitrogens with zero attached hydrogens (tertiary/aromatic N) is 1. The number of allylic oxidation sites excluding steroid dienone is 2. The number of hydrogen-bond donors (Lipinski definition) is 0. The molecule has 0 aromatic heterocycles. The van der Waals surface area contributed by atoms with E-state index >= 15 is 0 Å². The van der Waals surface area contributed by atoms with E-state index < -0.39 is 19.6 Å². The first kappa shape index (κ1) is 25.1. The zero-order valence-electron chi connectivity index (χ0n) is 14.8. The molecule has 0 saturated carbocycles. The van der Waals surface area contributed by atoms with E-state index in [0.717, 1.165) is 24.1 Å². The van der Waals surface area contributed by atoms with Crippen LogP contribution in [-0.2, 0) is 9.47 Å². The highest BCUT2D eigenvalue weighted by Crippen LogP contribution is 2.32. The van der Waals surface area contributed by atoms with Gasteiger partial charge in [-0.2, -0.15) is 0 Å². The first-order valence-corrected chi connectivity index (χ1v) is 10.3. The Morgan fingerprint density at radius 1 is 1.00 bits per heavy atom. The van der Waals surface area contributed by atoms with Crippen molar-refractivity contribution in [3.8, 4) is 0 Å². The summed E-state index contributed by atoms with van der Waals surface area (Å²) in [5.74, 6) is 0. The average Bonchev–Trinajstić information content (AvgIpc) is 2.74. The summed E-state index contributed by atoms with van der Waals surface area (Å²) in [5, 5.41) is 11.9. The van der Waals surface area contributed by atoms with Gasteiger partial charge in [-0.3, -0.25) is 0 Å². The van der Waals surface area contributed by atoms with E-state index in [9.17, 15) is 5.11 Å². The van der Waals surface area contributed by atoms with Gasteiger partial charge in [0.2, 0.25) is 7.59 Å². The number of hydrogen-bond acceptors (Lipinski definition) is 4. The van der Waals surface area contributed by atoms with Gasteiger partial charge in [0.15, 0.2) is 6.29 Å². The van der Waals surface area contributed by atoms with Crippen LogP contribution >= 0.6 is 69.6 Å². The van der Waals surface area contributed by atoms with Crippen LogP contribution in [0.3, 0.4) is 0 Å². The van der Waals surface area contributed by atoms with Crippen LogP contribution in [0.15, 0.2) is 16.1 Å². The second kappa shape index (κ2) is 10.2. The Morgan fingerprint density at radius 3 is 1.92 bits per heavy atom. The molecule has 152 valence electrons. The lowest BCUT2D eigenvalue weighted by molar-refractivity contribution is -0.462. The van der Waals surface area contributed by atoms with Gasteiger partial charge in [-0.15, -0.1) is 0 Å². The fourth-order valence-electron chi connectivity index (χ4n) is 2.51. The molecule has 0 radical (unpaired) electrons. The van der Waals surface area contributed by atoms with Crippen molar-refractivity contribution >= 4 is 75.3 Å². The molecule has 4 nitrogen and oxygen atoms in total. The smallest absolute Gasteiger partial charge is 0.213 e. The first-order chi connectivity index (χ1) is 11.7. The molecule has 0 heterocycles. The standard InChI is InChI=1S/C16H22Cl6NO3/c1-10-4-6-12(23-14(2,3)24)11(10)5-7-13(25-8-15(17,18)19)26-9-16(20,21)22/h13H,4-9H2,1-3H3/q-1/b23-12+. The molecule has 1 aliphatic carbocycles. The largest absolute Gasteiger partial charge is 0.833 e. The molecule has 10 heteroatoms. The number of halogens is 6. The van der Waals surface area contributed by atoms with Gasteiger partial charge < -0.3 is 19.6 Å². The molecule has 0 saturated heterocycles. The summed E-state index contributed by atoms with van der Waals surface area (Å²) in [6, 6.07) is 0. The second-order valence-electron chi connectivity index (χ2n) is 6.58. The van der Waals surface area contributed by atoms with Gasteiger partial charge in [0.25, 0.3) is 0 Å². The van der Waals surface area contributed by atoms with Crippen LogP contribution < -0.4 is 5.11 Å². The summed E-state index contributed by atoms with van der Waals surface area (Å²) < 4.78 is 7.87. The lowest BCUT2D eigenvalue weighted by atomic mass is 10.0. The Morgan fingerprint density at radius 2 is 1.50 bits per heavy atom. The fraction of sp³-hybridized carbons (Fsp3) is 0.812. The Labute approximate surface area is 184 Å². The van der Waals surface area contributed by atoms with Gasteiger partial charge in [-0.25, -0.2) is 0 Å². The molecule has 26 heavy (non-hydrogen) atoms. The molecule has 0 bridgehead atoms. The lowest BCUT2D eigenvalue weighted by Gasteiger charge is -2.28. The third-order valence-electron chi connectivity index (χ3n) is 3.50. The zero-order chi connectivity index (χ0) is 20.2. The SMILES string of the molecule is CC1=C(CCC(OCC(Cl)(Cl)Cl)OCC(Cl)(Cl)Cl)/C(=N/C(C)(C)[O-])CC1. The van der Waals surface area contributed by atoms with E-state index in [1.54, 1.807) is 0 Å². The van der Waals surface area contributed by atoms with Crippen molar-refractivity contribution in [2.75, 3.05) is 13.2 Å². The third-order valence-corrected chi connectivity index (χ3v) is 4.15. The molecule has 0 spiro atoms. The van der Waals surface area contributed by atoms with Crippen molar-refractivity contribution in [1.29, 1.82) is 0 Å². The van der Waals surface area contributed by atoms with Crippen LogP contribution in [-0.4, -0.2) is 38.5 Å². The fourth-order valence-corrected chi connectivity index (χ4v) is 2.89. The second-order valence-corrected chi connectivity index (χ2v) is 11.6. The highest BCUT2D eigenvalue weighted by Gasteiger charge is 2.27. The van der Waals surface area contributed by atoms with Crippen LogP contribution in [0.2, 0.25) is 0 Å². The molecule has 0 fully saturated rings. The molecular weight excluding hydrogens is 467 g/mol. The van der Waals surface area contributed by atoms with Crippen molar-refractivity contribution in [2.45, 2.75) is 66.1 Å². The van der Waals surface area contributed by atoms with Crippen LogP contribution in [0.4, 0.5) is 0 Å². The minimum atomic E-state index is -1.58. The molecule has 0 aliphatic heterocycles. The Hall–Kier alpha value is 1.03. The lowest BCUT2D eigenvalue weighted by Crippen LogP contribution is -2.35. The molecule has 0 unspecified atom stereocenters. The van der Waals surface area contributed by atoms with E-state index in [4.69, 9.17) is 79.1 Å². The molecule has 0 atom stereocenters. The maximum Gasteiger partial charge on any atom is 0.213 e. The highest BCUT2D eigenvalue weighted by molar-refractivity contribution is 6.68. The number of rotatable bonds is 8. The minimum Gasteiger partial charge on any atom is -0.833 e. The summed E-state index contributed by atoms with van der Waals surface area (Å²) in [4.78, 5) is 4.28. The van der Waals surface area contributed by atoms with Gasteiger partial charge in [-0.05, 0) is 37.5 Å². The molecule has 1 rings (SSSR count). The summed E-state index contributed by atoms with van der Waals surface area (Å²) in [7, 11) is 0. The van der Waals surface area contributed by atoms with Gasteiger partial charge in [0.1, 0.15) is 0 Å². The maximum atomic E-state index is 11.9. The minimum absolute atomic E-state index is 0.172. The third kappa shape index (κ3) is 11.1. The predicted octanol–water partition coefficient (Wildman–Crippen LogP) is 5.51. The number of aliphatic imine (C=N–C) groups is 1. The normalized spacial score (nSPS) is 18.5. The van der Waals surface area contributed by atoms with Crippen molar-refractivity contribution in [1.82, 2.24) is 0 Å². The van der Waals surface area contributed by atoms with Crippen LogP contribution in [0.5, 0.6) is 0 Å². The Balaban J connectivity index is 2.76. The van der Waals surface area contributed by atoms with E-state index in [1.165, 1.54) is 19.4 Å². The van der Waals surface area contributed by atoms with E-state index in [2.05, 4.69) is 4.99 Å². The summed E-state index contributed by atoms with van der Waals surface area (Å²) in [6.45, 7) is 4.74. The van der Waals surface area contributed by atoms with Crippen molar-refractivity contribution in [2.24, 2.45) is 4.99 Å². The van der Waals surface area contributed by atoms with Gasteiger partial charge >= 0.3 is 0 Å². The van der Waals surface area contributed by atoms with Gasteiger partial charge in [-0.1, -0.05) is 89.0 Å². The molecule has 1 aliphatic rings. The maximum absolute atomic E-state index is 11.9. The van der Waals surface area contributed by atoms with Crippen LogP contribution in [0, 0.1) is 0 Å². The number of alkyl halides is 6. The molecule has 0 aromatic carbocycles. The Bertz CT molecular complexity index is 514. The zero-order valence-corrected chi connectivity index (χ0v) is 19.3.